The molecule has 0 aromatic heterocycles. The molecule has 1 heterocycles. The Kier molecular flexibility index (Phi) is 5.60. The van der Waals surface area contributed by atoms with Gasteiger partial charge in [0.2, 0.25) is 0 Å². The lowest BCUT2D eigenvalue weighted by atomic mass is 10.2. The van der Waals surface area contributed by atoms with Gasteiger partial charge in [-0.2, -0.15) is 0 Å². The third-order valence-electron chi connectivity index (χ3n) is 3.33. The average molecular weight is 389 g/mol. The van der Waals surface area contributed by atoms with Crippen LogP contribution < -0.4 is 15.4 Å². The Hall–Kier alpha value is -2.77. The van der Waals surface area contributed by atoms with E-state index in [1.54, 1.807) is 54.6 Å². The summed E-state index contributed by atoms with van der Waals surface area (Å²) >= 11 is 6.62. The van der Waals surface area contributed by atoms with Crippen molar-refractivity contribution < 1.29 is 19.1 Å². The number of rotatable bonds is 5. The molecule has 26 heavy (non-hydrogen) atoms. The normalized spacial score (nSPS) is 15.0. The van der Waals surface area contributed by atoms with Crippen LogP contribution in [0.25, 0.3) is 6.08 Å². The van der Waals surface area contributed by atoms with Gasteiger partial charge in [-0.3, -0.25) is 19.7 Å². The Labute approximate surface area is 158 Å². The van der Waals surface area contributed by atoms with Crippen molar-refractivity contribution in [1.82, 2.24) is 5.32 Å². The van der Waals surface area contributed by atoms with Gasteiger partial charge in [-0.05, 0) is 48.2 Å². The Bertz CT molecular complexity index is 896. The maximum atomic E-state index is 12.0. The third kappa shape index (κ3) is 4.65. The van der Waals surface area contributed by atoms with Crippen molar-refractivity contribution in [3.63, 3.8) is 0 Å². The van der Waals surface area contributed by atoms with Gasteiger partial charge in [0, 0.05) is 16.3 Å². The van der Waals surface area contributed by atoms with Crippen LogP contribution in [0.3, 0.4) is 0 Å². The van der Waals surface area contributed by atoms with E-state index in [4.69, 9.17) is 16.3 Å². The van der Waals surface area contributed by atoms with Crippen LogP contribution in [-0.2, 0) is 9.59 Å². The highest BCUT2D eigenvalue weighted by molar-refractivity contribution is 8.18. The number of carbonyl (C=O) groups is 3. The van der Waals surface area contributed by atoms with E-state index in [1.807, 2.05) is 0 Å². The Morgan fingerprint density at radius 3 is 2.58 bits per heavy atom. The Morgan fingerprint density at radius 1 is 1.15 bits per heavy atom. The Morgan fingerprint density at radius 2 is 1.88 bits per heavy atom. The molecule has 3 amide bonds. The van der Waals surface area contributed by atoms with E-state index in [0.29, 0.717) is 22.0 Å². The number of hydrogen-bond donors (Lipinski definition) is 2. The SMILES string of the molecule is O=C(COc1ccccc1C=C1SC(=O)NC1=O)Nc1ccc(Cl)cc1. The molecule has 0 saturated carbocycles. The molecule has 132 valence electrons. The van der Waals surface area contributed by atoms with Crippen LogP contribution in [0.1, 0.15) is 5.56 Å². The summed E-state index contributed by atoms with van der Waals surface area (Å²) in [6.45, 7) is -0.207. The van der Waals surface area contributed by atoms with Crippen LogP contribution in [0.4, 0.5) is 10.5 Å². The zero-order valence-electron chi connectivity index (χ0n) is 13.3. The van der Waals surface area contributed by atoms with Crippen molar-refractivity contribution in [3.8, 4) is 5.75 Å². The summed E-state index contributed by atoms with van der Waals surface area (Å²) in [5.74, 6) is -0.354. The summed E-state index contributed by atoms with van der Waals surface area (Å²) in [5.41, 5.74) is 1.20. The number of amides is 3. The van der Waals surface area contributed by atoms with Crippen LogP contribution in [0, 0.1) is 0 Å². The molecule has 2 aromatic rings. The zero-order valence-corrected chi connectivity index (χ0v) is 14.9. The van der Waals surface area contributed by atoms with Crippen molar-refractivity contribution in [2.75, 3.05) is 11.9 Å². The highest BCUT2D eigenvalue weighted by Crippen LogP contribution is 2.29. The smallest absolute Gasteiger partial charge is 0.290 e. The molecule has 1 saturated heterocycles. The fraction of sp³-hybridized carbons (Fsp3) is 0.0556. The molecule has 2 N–H and O–H groups in total. The van der Waals surface area contributed by atoms with Crippen LogP contribution in [0.2, 0.25) is 5.02 Å². The van der Waals surface area contributed by atoms with Crippen LogP contribution >= 0.6 is 23.4 Å². The van der Waals surface area contributed by atoms with Gasteiger partial charge in [0.1, 0.15) is 5.75 Å². The maximum absolute atomic E-state index is 12.0. The number of ether oxygens (including phenoxy) is 1. The van der Waals surface area contributed by atoms with E-state index in [0.717, 1.165) is 11.8 Å². The molecule has 1 aliphatic rings. The highest BCUT2D eigenvalue weighted by Gasteiger charge is 2.25. The fourth-order valence-corrected chi connectivity index (χ4v) is 2.97. The number of para-hydroxylation sites is 1. The van der Waals surface area contributed by atoms with E-state index < -0.39 is 11.1 Å². The topological polar surface area (TPSA) is 84.5 Å². The second kappa shape index (κ2) is 8.07. The van der Waals surface area contributed by atoms with Crippen molar-refractivity contribution in [1.29, 1.82) is 0 Å². The minimum absolute atomic E-state index is 0.207. The summed E-state index contributed by atoms with van der Waals surface area (Å²) in [4.78, 5) is 35.2. The molecule has 0 aliphatic carbocycles. The molecule has 0 atom stereocenters. The van der Waals surface area contributed by atoms with E-state index in [9.17, 15) is 14.4 Å². The van der Waals surface area contributed by atoms with E-state index in [2.05, 4.69) is 10.6 Å². The average Bonchev–Trinajstić information content (AvgIpc) is 2.93. The fourth-order valence-electron chi connectivity index (χ4n) is 2.17. The summed E-state index contributed by atoms with van der Waals surface area (Å²) in [6.07, 6.45) is 1.55. The first-order valence-electron chi connectivity index (χ1n) is 7.53. The lowest BCUT2D eigenvalue weighted by molar-refractivity contribution is -0.118. The summed E-state index contributed by atoms with van der Waals surface area (Å²) < 4.78 is 5.56. The van der Waals surface area contributed by atoms with Crippen molar-refractivity contribution in [3.05, 3.63) is 64.0 Å². The first kappa shape index (κ1) is 18.0. The first-order chi connectivity index (χ1) is 12.5. The van der Waals surface area contributed by atoms with Gasteiger partial charge in [0.15, 0.2) is 6.61 Å². The van der Waals surface area contributed by atoms with Gasteiger partial charge in [-0.15, -0.1) is 0 Å². The van der Waals surface area contributed by atoms with Crippen LogP contribution in [-0.4, -0.2) is 23.7 Å². The zero-order chi connectivity index (χ0) is 18.5. The number of carbonyl (C=O) groups excluding carboxylic acids is 3. The maximum Gasteiger partial charge on any atom is 0.290 e. The molecular formula is C18H13ClN2O4S. The van der Waals surface area contributed by atoms with Gasteiger partial charge >= 0.3 is 0 Å². The largest absolute Gasteiger partial charge is 0.483 e. The van der Waals surface area contributed by atoms with Gasteiger partial charge < -0.3 is 10.1 Å². The Balaban J connectivity index is 1.66. The molecule has 1 aliphatic heterocycles. The monoisotopic (exact) mass is 388 g/mol. The van der Waals surface area contributed by atoms with E-state index >= 15 is 0 Å². The number of benzene rings is 2. The van der Waals surface area contributed by atoms with Gasteiger partial charge in [0.05, 0.1) is 4.91 Å². The van der Waals surface area contributed by atoms with Crippen molar-refractivity contribution in [2.24, 2.45) is 0 Å². The first-order valence-corrected chi connectivity index (χ1v) is 8.73. The third-order valence-corrected chi connectivity index (χ3v) is 4.40. The van der Waals surface area contributed by atoms with Crippen molar-refractivity contribution >= 4 is 52.2 Å². The van der Waals surface area contributed by atoms with Gasteiger partial charge in [-0.1, -0.05) is 29.8 Å². The molecule has 3 rings (SSSR count). The van der Waals surface area contributed by atoms with Gasteiger partial charge in [-0.25, -0.2) is 0 Å². The van der Waals surface area contributed by atoms with Gasteiger partial charge in [0.25, 0.3) is 17.1 Å². The number of halogens is 1. The molecule has 0 spiro atoms. The molecule has 8 heteroatoms. The molecule has 0 unspecified atom stereocenters. The number of nitrogens with one attached hydrogen (secondary N) is 2. The van der Waals surface area contributed by atoms with E-state index in [1.165, 1.54) is 0 Å². The highest BCUT2D eigenvalue weighted by atomic mass is 35.5. The number of anilines is 1. The van der Waals surface area contributed by atoms with Crippen molar-refractivity contribution in [2.45, 2.75) is 0 Å². The molecule has 1 fully saturated rings. The number of thioether (sulfide) groups is 1. The predicted molar refractivity (Wildman–Crippen MR) is 101 cm³/mol. The predicted octanol–water partition coefficient (Wildman–Crippen LogP) is 3.68. The minimum atomic E-state index is -0.449. The second-order valence-corrected chi connectivity index (χ2v) is 6.68. The van der Waals surface area contributed by atoms with E-state index in [-0.39, 0.29) is 17.4 Å². The quantitative estimate of drug-likeness (QED) is 0.763. The number of imide groups is 1. The summed E-state index contributed by atoms with van der Waals surface area (Å²) in [5, 5.41) is 5.05. The molecule has 0 bridgehead atoms. The summed E-state index contributed by atoms with van der Waals surface area (Å²) in [7, 11) is 0. The lowest BCUT2D eigenvalue weighted by Crippen LogP contribution is -2.20. The molecule has 2 aromatic carbocycles. The molecule has 6 nitrogen and oxygen atoms in total. The second-order valence-electron chi connectivity index (χ2n) is 5.23. The standard InChI is InChI=1S/C18H13ClN2O4S/c19-12-5-7-13(8-6-12)20-16(22)10-25-14-4-2-1-3-11(14)9-15-17(23)21-18(24)26-15/h1-9H,10H2,(H,20,22)(H,21,23,24). The number of hydrogen-bond acceptors (Lipinski definition) is 5. The van der Waals surface area contributed by atoms with Crippen LogP contribution in [0.5, 0.6) is 5.75 Å². The lowest BCUT2D eigenvalue weighted by Gasteiger charge is -2.10. The molecular weight excluding hydrogens is 376 g/mol. The minimum Gasteiger partial charge on any atom is -0.483 e. The molecule has 0 radical (unpaired) electrons. The van der Waals surface area contributed by atoms with Crippen LogP contribution in [0.15, 0.2) is 53.4 Å². The summed E-state index contributed by atoms with van der Waals surface area (Å²) in [6, 6.07) is 13.7.